The van der Waals surface area contributed by atoms with Crippen LogP contribution >= 0.6 is 11.6 Å². The highest BCUT2D eigenvalue weighted by Gasteiger charge is 2.05. The van der Waals surface area contributed by atoms with Gasteiger partial charge in [0.1, 0.15) is 12.0 Å². The molecule has 5 nitrogen and oxygen atoms in total. The Labute approximate surface area is 87.3 Å². The Kier molecular flexibility index (Phi) is 3.91. The molecule has 14 heavy (non-hydrogen) atoms. The topological polar surface area (TPSA) is 84.1 Å². The predicted octanol–water partition coefficient (Wildman–Crippen LogP) is 0.895. The average Bonchev–Trinajstić information content (AvgIpc) is 2.12. The smallest absolute Gasteiger partial charge is 0.157 e. The Hall–Kier alpha value is -1.07. The predicted molar refractivity (Wildman–Crippen MR) is 56.2 cm³/mol. The molecule has 0 bridgehead atoms. The molecule has 78 valence electrons. The maximum absolute atomic E-state index is 9.02. The molecule has 0 aliphatic heterocycles. The van der Waals surface area contributed by atoms with Crippen LogP contribution in [0.15, 0.2) is 6.33 Å². The maximum atomic E-state index is 9.02. The van der Waals surface area contributed by atoms with E-state index >= 15 is 0 Å². The van der Waals surface area contributed by atoms with Gasteiger partial charge in [0.05, 0.1) is 6.10 Å². The molecular formula is C8H13ClN4O. The summed E-state index contributed by atoms with van der Waals surface area (Å²) in [5.41, 5.74) is 5.95. The highest BCUT2D eigenvalue weighted by molar-refractivity contribution is 6.32. The summed E-state index contributed by atoms with van der Waals surface area (Å²) in [6.45, 7) is 2.31. The molecule has 0 spiro atoms. The third-order valence-corrected chi connectivity index (χ3v) is 1.99. The number of nitrogens with two attached hydrogens (primary N) is 1. The van der Waals surface area contributed by atoms with E-state index in [1.54, 1.807) is 6.92 Å². The third-order valence-electron chi connectivity index (χ3n) is 1.69. The molecule has 1 unspecified atom stereocenters. The number of hydrogen-bond acceptors (Lipinski definition) is 5. The fourth-order valence-corrected chi connectivity index (χ4v) is 1.05. The molecule has 0 amide bonds. The molecule has 1 heterocycles. The van der Waals surface area contributed by atoms with Crippen molar-refractivity contribution in [3.8, 4) is 0 Å². The first-order chi connectivity index (χ1) is 6.61. The standard InChI is InChI=1S/C8H13ClN4O/c1-5(14)2-3-11-8-6(10)7(9)12-4-13-8/h4-5,14H,2-3,10H2,1H3,(H,11,12,13). The highest BCUT2D eigenvalue weighted by atomic mass is 35.5. The SMILES string of the molecule is CC(O)CCNc1ncnc(Cl)c1N. The molecule has 0 fully saturated rings. The maximum Gasteiger partial charge on any atom is 0.157 e. The van der Waals surface area contributed by atoms with Crippen molar-refractivity contribution in [2.24, 2.45) is 0 Å². The van der Waals surface area contributed by atoms with Crippen molar-refractivity contribution >= 4 is 23.1 Å². The monoisotopic (exact) mass is 216 g/mol. The molecule has 1 aromatic heterocycles. The number of hydrogen-bond donors (Lipinski definition) is 3. The Balaban J connectivity index is 2.54. The molecule has 1 atom stereocenters. The third kappa shape index (κ3) is 3.01. The largest absolute Gasteiger partial charge is 0.393 e. The zero-order valence-corrected chi connectivity index (χ0v) is 8.62. The number of nitrogen functional groups attached to an aromatic ring is 1. The minimum atomic E-state index is -0.346. The summed E-state index contributed by atoms with van der Waals surface area (Å²) in [6, 6.07) is 0. The van der Waals surface area contributed by atoms with Gasteiger partial charge >= 0.3 is 0 Å². The molecule has 4 N–H and O–H groups in total. The van der Waals surface area contributed by atoms with Crippen LogP contribution in [0.4, 0.5) is 11.5 Å². The molecule has 1 aromatic rings. The van der Waals surface area contributed by atoms with Crippen LogP contribution < -0.4 is 11.1 Å². The van der Waals surface area contributed by atoms with Gasteiger partial charge in [-0.3, -0.25) is 0 Å². The number of nitrogens with one attached hydrogen (secondary N) is 1. The van der Waals surface area contributed by atoms with E-state index in [0.29, 0.717) is 24.5 Å². The summed E-state index contributed by atoms with van der Waals surface area (Å²) in [5.74, 6) is 0.505. The number of aromatic nitrogens is 2. The van der Waals surface area contributed by atoms with Crippen molar-refractivity contribution in [3.05, 3.63) is 11.5 Å². The first-order valence-electron chi connectivity index (χ1n) is 4.29. The Bertz CT molecular complexity index is 305. The lowest BCUT2D eigenvalue weighted by Gasteiger charge is -2.09. The van der Waals surface area contributed by atoms with Crippen LogP contribution in [0.3, 0.4) is 0 Å². The first-order valence-corrected chi connectivity index (χ1v) is 4.67. The summed E-state index contributed by atoms with van der Waals surface area (Å²) in [5, 5.41) is 12.2. The van der Waals surface area contributed by atoms with Crippen molar-refractivity contribution in [1.82, 2.24) is 9.97 Å². The lowest BCUT2D eigenvalue weighted by Crippen LogP contribution is -2.12. The van der Waals surface area contributed by atoms with Crippen LogP contribution in [0.25, 0.3) is 0 Å². The molecule has 0 radical (unpaired) electrons. The number of aliphatic hydroxyl groups is 1. The van der Waals surface area contributed by atoms with Gasteiger partial charge in [-0.15, -0.1) is 0 Å². The summed E-state index contributed by atoms with van der Waals surface area (Å²) in [7, 11) is 0. The minimum absolute atomic E-state index is 0.236. The van der Waals surface area contributed by atoms with Gasteiger partial charge in [-0.1, -0.05) is 11.6 Å². The van der Waals surface area contributed by atoms with Crippen LogP contribution in [0.2, 0.25) is 5.15 Å². The Morgan fingerprint density at radius 1 is 1.64 bits per heavy atom. The summed E-state index contributed by atoms with van der Waals surface area (Å²) in [4.78, 5) is 7.65. The van der Waals surface area contributed by atoms with Crippen molar-refractivity contribution < 1.29 is 5.11 Å². The number of halogens is 1. The van der Waals surface area contributed by atoms with Crippen LogP contribution in [-0.2, 0) is 0 Å². The van der Waals surface area contributed by atoms with Gasteiger partial charge in [0.25, 0.3) is 0 Å². The second-order valence-electron chi connectivity index (χ2n) is 2.99. The lowest BCUT2D eigenvalue weighted by molar-refractivity contribution is 0.188. The van der Waals surface area contributed by atoms with Gasteiger partial charge in [-0.2, -0.15) is 0 Å². The van der Waals surface area contributed by atoms with Crippen molar-refractivity contribution in [2.75, 3.05) is 17.6 Å². The second-order valence-corrected chi connectivity index (χ2v) is 3.35. The fourth-order valence-electron chi connectivity index (χ4n) is 0.914. The van der Waals surface area contributed by atoms with Crippen molar-refractivity contribution in [1.29, 1.82) is 0 Å². The molecule has 1 rings (SSSR count). The number of rotatable bonds is 4. The van der Waals surface area contributed by atoms with Gasteiger partial charge in [0.2, 0.25) is 0 Å². The summed E-state index contributed by atoms with van der Waals surface area (Å²) in [6.07, 6.45) is 1.62. The van der Waals surface area contributed by atoms with Crippen LogP contribution in [-0.4, -0.2) is 27.7 Å². The summed E-state index contributed by atoms with van der Waals surface area (Å²) >= 11 is 5.69. The molecule has 0 saturated heterocycles. The number of aliphatic hydroxyl groups excluding tert-OH is 1. The highest BCUT2D eigenvalue weighted by Crippen LogP contribution is 2.21. The van der Waals surface area contributed by atoms with E-state index in [1.807, 2.05) is 0 Å². The quantitative estimate of drug-likeness (QED) is 0.652. The van der Waals surface area contributed by atoms with Gasteiger partial charge in [0, 0.05) is 6.54 Å². The molecule has 6 heteroatoms. The lowest BCUT2D eigenvalue weighted by atomic mass is 10.3. The first kappa shape index (κ1) is 11.0. The fraction of sp³-hybridized carbons (Fsp3) is 0.500. The summed E-state index contributed by atoms with van der Waals surface area (Å²) < 4.78 is 0. The molecule has 0 aliphatic rings. The van der Waals surface area contributed by atoms with Crippen LogP contribution in [0.1, 0.15) is 13.3 Å². The Morgan fingerprint density at radius 3 is 3.00 bits per heavy atom. The van der Waals surface area contributed by atoms with Gasteiger partial charge in [-0.25, -0.2) is 9.97 Å². The Morgan fingerprint density at radius 2 is 2.36 bits per heavy atom. The van der Waals surface area contributed by atoms with E-state index in [-0.39, 0.29) is 11.3 Å². The van der Waals surface area contributed by atoms with Crippen LogP contribution in [0.5, 0.6) is 0 Å². The van der Waals surface area contributed by atoms with Crippen molar-refractivity contribution in [2.45, 2.75) is 19.4 Å². The number of nitrogens with zero attached hydrogens (tertiary/aromatic N) is 2. The van der Waals surface area contributed by atoms with E-state index in [0.717, 1.165) is 0 Å². The molecular weight excluding hydrogens is 204 g/mol. The minimum Gasteiger partial charge on any atom is -0.393 e. The number of anilines is 2. The van der Waals surface area contributed by atoms with Gasteiger partial charge in [-0.05, 0) is 13.3 Å². The van der Waals surface area contributed by atoms with E-state index in [2.05, 4.69) is 15.3 Å². The molecule has 0 saturated carbocycles. The zero-order chi connectivity index (χ0) is 10.6. The van der Waals surface area contributed by atoms with Gasteiger partial charge in [0.15, 0.2) is 11.0 Å². The van der Waals surface area contributed by atoms with E-state index < -0.39 is 0 Å². The molecule has 0 aromatic carbocycles. The average molecular weight is 217 g/mol. The van der Waals surface area contributed by atoms with E-state index in [9.17, 15) is 0 Å². The van der Waals surface area contributed by atoms with Gasteiger partial charge < -0.3 is 16.2 Å². The molecule has 0 aliphatic carbocycles. The van der Waals surface area contributed by atoms with Crippen LogP contribution in [0, 0.1) is 0 Å². The zero-order valence-electron chi connectivity index (χ0n) is 7.87. The van der Waals surface area contributed by atoms with Crippen molar-refractivity contribution in [3.63, 3.8) is 0 Å². The second kappa shape index (κ2) is 4.97. The van der Waals surface area contributed by atoms with E-state index in [4.69, 9.17) is 22.4 Å². The normalized spacial score (nSPS) is 12.5. The van der Waals surface area contributed by atoms with E-state index in [1.165, 1.54) is 6.33 Å².